The van der Waals surface area contributed by atoms with Crippen molar-refractivity contribution < 1.29 is 0 Å². The third kappa shape index (κ3) is 2.95. The molecule has 0 radical (unpaired) electrons. The van der Waals surface area contributed by atoms with Crippen LogP contribution in [-0.2, 0) is 0 Å². The van der Waals surface area contributed by atoms with Crippen LogP contribution in [0.2, 0.25) is 0 Å². The van der Waals surface area contributed by atoms with Crippen molar-refractivity contribution in [1.29, 1.82) is 0 Å². The number of rotatable bonds is 4. The molecule has 0 bridgehead atoms. The van der Waals surface area contributed by atoms with Gasteiger partial charge in [-0.25, -0.2) is 0 Å². The van der Waals surface area contributed by atoms with Crippen molar-refractivity contribution in [2.24, 2.45) is 5.84 Å². The summed E-state index contributed by atoms with van der Waals surface area (Å²) >= 11 is 0. The first-order valence-corrected chi connectivity index (χ1v) is 6.47. The second-order valence-corrected chi connectivity index (χ2v) is 4.78. The molecular weight excluding hydrogens is 246 g/mol. The number of allylic oxidation sites excluding steroid dienone is 2. The van der Waals surface area contributed by atoms with Crippen LogP contribution in [0.1, 0.15) is 23.6 Å². The molecule has 1 aromatic carbocycles. The fourth-order valence-electron chi connectivity index (χ4n) is 2.22. The van der Waals surface area contributed by atoms with Gasteiger partial charge in [-0.15, -0.1) is 0 Å². The van der Waals surface area contributed by atoms with E-state index in [0.29, 0.717) is 0 Å². The molecule has 0 saturated heterocycles. The van der Waals surface area contributed by atoms with Gasteiger partial charge in [-0.2, -0.15) is 0 Å². The molecule has 0 fully saturated rings. The van der Waals surface area contributed by atoms with Crippen molar-refractivity contribution in [3.05, 3.63) is 77.6 Å². The van der Waals surface area contributed by atoms with Gasteiger partial charge in [0.2, 0.25) is 0 Å². The first-order chi connectivity index (χ1) is 9.63. The van der Waals surface area contributed by atoms with Crippen LogP contribution in [0, 0.1) is 6.92 Å². The van der Waals surface area contributed by atoms with E-state index in [0.717, 1.165) is 28.0 Å². The van der Waals surface area contributed by atoms with Gasteiger partial charge < -0.3 is 5.43 Å². The molecule has 2 aromatic rings. The Bertz CT molecular complexity index is 642. The van der Waals surface area contributed by atoms with Gasteiger partial charge in [-0.1, -0.05) is 30.3 Å². The maximum Gasteiger partial charge on any atom is 0.0638 e. The molecular formula is C17H19N3. The molecule has 3 heteroatoms. The van der Waals surface area contributed by atoms with Crippen LogP contribution in [0.25, 0.3) is 11.3 Å². The SMILES string of the molecule is C=C(C)/C(=C(\NN)c1cccc(C)c1)c1ccncc1. The zero-order chi connectivity index (χ0) is 14.5. The summed E-state index contributed by atoms with van der Waals surface area (Å²) < 4.78 is 0. The molecule has 0 spiro atoms. The first kappa shape index (κ1) is 14.0. The lowest BCUT2D eigenvalue weighted by Crippen LogP contribution is -2.21. The molecule has 0 atom stereocenters. The predicted octanol–water partition coefficient (Wildman–Crippen LogP) is 3.30. The Balaban J connectivity index is 2.66. The molecule has 102 valence electrons. The Morgan fingerprint density at radius 1 is 1.15 bits per heavy atom. The monoisotopic (exact) mass is 265 g/mol. The fraction of sp³-hybridized carbons (Fsp3) is 0.118. The van der Waals surface area contributed by atoms with Crippen LogP contribution in [0.5, 0.6) is 0 Å². The largest absolute Gasteiger partial charge is 0.323 e. The lowest BCUT2D eigenvalue weighted by molar-refractivity contribution is 0.992. The van der Waals surface area contributed by atoms with E-state index in [4.69, 9.17) is 5.84 Å². The number of pyridine rings is 1. The molecule has 3 N–H and O–H groups in total. The number of hydrazine groups is 1. The standard InChI is InChI=1S/C17H19N3/c1-12(2)16(14-7-9-19-10-8-14)17(20-18)15-6-4-5-13(3)11-15/h4-11,20H,1,18H2,2-3H3/b17-16+. The number of nitrogens with two attached hydrogens (primary N) is 1. The second-order valence-electron chi connectivity index (χ2n) is 4.78. The number of hydrogen-bond donors (Lipinski definition) is 2. The zero-order valence-electron chi connectivity index (χ0n) is 11.9. The molecule has 0 aliphatic rings. The highest BCUT2D eigenvalue weighted by molar-refractivity contribution is 5.96. The number of nitrogens with zero attached hydrogens (tertiary/aromatic N) is 1. The molecule has 1 aromatic heterocycles. The first-order valence-electron chi connectivity index (χ1n) is 6.47. The van der Waals surface area contributed by atoms with E-state index < -0.39 is 0 Å². The molecule has 0 aliphatic heterocycles. The average molecular weight is 265 g/mol. The minimum absolute atomic E-state index is 0.868. The van der Waals surface area contributed by atoms with E-state index in [1.54, 1.807) is 12.4 Å². The topological polar surface area (TPSA) is 50.9 Å². The number of aromatic nitrogens is 1. The quantitative estimate of drug-likeness (QED) is 0.506. The molecule has 20 heavy (non-hydrogen) atoms. The van der Waals surface area contributed by atoms with E-state index in [-0.39, 0.29) is 0 Å². The summed E-state index contributed by atoms with van der Waals surface area (Å²) in [6.45, 7) is 8.11. The summed E-state index contributed by atoms with van der Waals surface area (Å²) in [5.74, 6) is 5.77. The maximum atomic E-state index is 5.77. The third-order valence-electron chi connectivity index (χ3n) is 3.10. The number of hydrogen-bond acceptors (Lipinski definition) is 3. The molecule has 2 rings (SSSR count). The number of nitrogens with one attached hydrogen (secondary N) is 1. The van der Waals surface area contributed by atoms with Crippen LogP contribution in [-0.4, -0.2) is 4.98 Å². The Hall–Kier alpha value is -2.39. The summed E-state index contributed by atoms with van der Waals surface area (Å²) in [7, 11) is 0. The molecule has 0 unspecified atom stereocenters. The van der Waals surface area contributed by atoms with Gasteiger partial charge in [0.1, 0.15) is 0 Å². The Morgan fingerprint density at radius 2 is 1.85 bits per heavy atom. The summed E-state index contributed by atoms with van der Waals surface area (Å²) in [6.07, 6.45) is 3.53. The molecule has 0 saturated carbocycles. The van der Waals surface area contributed by atoms with Crippen LogP contribution in [0.4, 0.5) is 0 Å². The maximum absolute atomic E-state index is 5.77. The molecule has 1 heterocycles. The van der Waals surface area contributed by atoms with Gasteiger partial charge in [0.25, 0.3) is 0 Å². The third-order valence-corrected chi connectivity index (χ3v) is 3.10. The Kier molecular flexibility index (Phi) is 4.33. The van der Waals surface area contributed by atoms with Crippen molar-refractivity contribution >= 4 is 11.3 Å². The van der Waals surface area contributed by atoms with E-state index in [1.165, 1.54) is 5.56 Å². The van der Waals surface area contributed by atoms with Crippen LogP contribution < -0.4 is 11.3 Å². The summed E-state index contributed by atoms with van der Waals surface area (Å²) in [4.78, 5) is 4.06. The van der Waals surface area contributed by atoms with Crippen molar-refractivity contribution in [2.75, 3.05) is 0 Å². The van der Waals surface area contributed by atoms with Gasteiger partial charge in [0, 0.05) is 18.0 Å². The zero-order valence-corrected chi connectivity index (χ0v) is 11.9. The normalized spacial score (nSPS) is 11.8. The second kappa shape index (κ2) is 6.17. The average Bonchev–Trinajstić information content (AvgIpc) is 2.45. The van der Waals surface area contributed by atoms with Crippen LogP contribution >= 0.6 is 0 Å². The Labute approximate surface area is 119 Å². The van der Waals surface area contributed by atoms with Crippen LogP contribution in [0.15, 0.2) is 60.9 Å². The van der Waals surface area contributed by atoms with Gasteiger partial charge in [0.05, 0.1) is 5.70 Å². The summed E-state index contributed by atoms with van der Waals surface area (Å²) in [5, 5.41) is 0. The van der Waals surface area contributed by atoms with Gasteiger partial charge >= 0.3 is 0 Å². The number of benzene rings is 1. The van der Waals surface area contributed by atoms with Crippen molar-refractivity contribution in [3.8, 4) is 0 Å². The lowest BCUT2D eigenvalue weighted by Gasteiger charge is -2.16. The van der Waals surface area contributed by atoms with Gasteiger partial charge in [0.15, 0.2) is 0 Å². The van der Waals surface area contributed by atoms with Crippen molar-refractivity contribution in [2.45, 2.75) is 13.8 Å². The highest BCUT2D eigenvalue weighted by atomic mass is 15.2. The molecule has 3 nitrogen and oxygen atoms in total. The minimum atomic E-state index is 0.868. The van der Waals surface area contributed by atoms with Crippen molar-refractivity contribution in [3.63, 3.8) is 0 Å². The summed E-state index contributed by atoms with van der Waals surface area (Å²) in [5.41, 5.74) is 8.92. The van der Waals surface area contributed by atoms with Crippen molar-refractivity contribution in [1.82, 2.24) is 10.4 Å². The van der Waals surface area contributed by atoms with Gasteiger partial charge in [-0.3, -0.25) is 10.8 Å². The van der Waals surface area contributed by atoms with E-state index in [9.17, 15) is 0 Å². The van der Waals surface area contributed by atoms with Crippen LogP contribution in [0.3, 0.4) is 0 Å². The van der Waals surface area contributed by atoms with Gasteiger partial charge in [-0.05, 0) is 48.7 Å². The smallest absolute Gasteiger partial charge is 0.0638 e. The Morgan fingerprint density at radius 3 is 2.40 bits per heavy atom. The van der Waals surface area contributed by atoms with E-state index in [2.05, 4.69) is 36.0 Å². The summed E-state index contributed by atoms with van der Waals surface area (Å²) in [6, 6.07) is 12.1. The minimum Gasteiger partial charge on any atom is -0.323 e. The predicted molar refractivity (Wildman–Crippen MR) is 84.4 cm³/mol. The number of aryl methyl sites for hydroxylation is 1. The molecule has 0 aliphatic carbocycles. The van der Waals surface area contributed by atoms with E-state index >= 15 is 0 Å². The molecule has 0 amide bonds. The highest BCUT2D eigenvalue weighted by Crippen LogP contribution is 2.29. The fourth-order valence-corrected chi connectivity index (χ4v) is 2.22. The van der Waals surface area contributed by atoms with E-state index in [1.807, 2.05) is 31.2 Å². The highest BCUT2D eigenvalue weighted by Gasteiger charge is 2.11. The lowest BCUT2D eigenvalue weighted by atomic mass is 9.95.